The number of aromatic nitrogens is 2. The third-order valence-electron chi connectivity index (χ3n) is 6.20. The van der Waals surface area contributed by atoms with Crippen molar-refractivity contribution in [3.8, 4) is 5.75 Å². The molecule has 160 valence electrons. The lowest BCUT2D eigenvalue weighted by Crippen LogP contribution is -2.39. The third-order valence-corrected chi connectivity index (χ3v) is 6.20. The number of piperidine rings is 1. The van der Waals surface area contributed by atoms with Crippen LogP contribution in [0.15, 0.2) is 47.1 Å². The number of nitrogens with one attached hydrogen (secondary N) is 1. The second-order valence-corrected chi connectivity index (χ2v) is 7.89. The maximum atomic E-state index is 13.4. The number of hydrogen-bond acceptors (Lipinski definition) is 5. The summed E-state index contributed by atoms with van der Waals surface area (Å²) in [5.41, 5.74) is 2.77. The van der Waals surface area contributed by atoms with E-state index in [4.69, 9.17) is 9.26 Å². The quantitative estimate of drug-likeness (QED) is 0.492. The Kier molecular flexibility index (Phi) is 4.86. The van der Waals surface area contributed by atoms with Gasteiger partial charge in [0, 0.05) is 34.5 Å². The van der Waals surface area contributed by atoms with Gasteiger partial charge < -0.3 is 19.4 Å². The first-order valence-electron chi connectivity index (χ1n) is 10.2. The van der Waals surface area contributed by atoms with Crippen LogP contribution in [-0.4, -0.2) is 46.3 Å². The zero-order valence-electron chi connectivity index (χ0n) is 17.0. The summed E-state index contributed by atoms with van der Waals surface area (Å²) >= 11 is 0. The average molecular weight is 423 g/mol. The Morgan fingerprint density at radius 1 is 1.29 bits per heavy atom. The fraction of sp³-hybridized carbons (Fsp3) is 0.304. The molecule has 0 spiro atoms. The number of nitrogens with zero attached hydrogens (tertiary/aromatic N) is 2. The lowest BCUT2D eigenvalue weighted by Gasteiger charge is -2.35. The number of aliphatic carboxylic acids is 1. The second-order valence-electron chi connectivity index (χ2n) is 7.89. The highest BCUT2D eigenvalue weighted by Gasteiger charge is 2.34. The number of benzene rings is 2. The Morgan fingerprint density at radius 3 is 2.84 bits per heavy atom. The standard InChI is InChI=1S/C23H22FN3O4/c1-30-18-4-2-3-15-17(12-25-21(15)18)22(23(28)29)27-9-7-13(8-10-27)20-16-6-5-14(24)11-19(16)31-26-20/h2-6,11-13,22,25H,7-10H2,1H3,(H,28,29)/t22-/m0/s1. The van der Waals surface area contributed by atoms with Crippen LogP contribution < -0.4 is 4.74 Å². The zero-order valence-corrected chi connectivity index (χ0v) is 17.0. The molecule has 5 rings (SSSR count). The maximum Gasteiger partial charge on any atom is 0.325 e. The summed E-state index contributed by atoms with van der Waals surface area (Å²) in [5.74, 6) is -0.421. The van der Waals surface area contributed by atoms with Crippen molar-refractivity contribution in [1.82, 2.24) is 15.0 Å². The zero-order chi connectivity index (χ0) is 21.5. The molecule has 2 N–H and O–H groups in total. The van der Waals surface area contributed by atoms with E-state index in [1.165, 1.54) is 12.1 Å². The van der Waals surface area contributed by atoms with Gasteiger partial charge in [0.05, 0.1) is 18.3 Å². The van der Waals surface area contributed by atoms with Crippen LogP contribution in [0.2, 0.25) is 0 Å². The van der Waals surface area contributed by atoms with Crippen LogP contribution in [-0.2, 0) is 4.79 Å². The number of methoxy groups -OCH3 is 1. The van der Waals surface area contributed by atoms with E-state index in [0.29, 0.717) is 24.4 Å². The minimum atomic E-state index is -0.885. The first kappa shape index (κ1) is 19.6. The predicted molar refractivity (Wildman–Crippen MR) is 113 cm³/mol. The van der Waals surface area contributed by atoms with Gasteiger partial charge in [-0.15, -0.1) is 0 Å². The van der Waals surface area contributed by atoms with E-state index >= 15 is 0 Å². The van der Waals surface area contributed by atoms with Gasteiger partial charge in [0.25, 0.3) is 0 Å². The number of aromatic amines is 1. The van der Waals surface area contributed by atoms with E-state index in [1.807, 2.05) is 23.1 Å². The van der Waals surface area contributed by atoms with E-state index in [9.17, 15) is 14.3 Å². The van der Waals surface area contributed by atoms with E-state index in [0.717, 1.165) is 40.4 Å². The number of H-pyrrole nitrogens is 1. The van der Waals surface area contributed by atoms with Gasteiger partial charge in [-0.3, -0.25) is 9.69 Å². The van der Waals surface area contributed by atoms with Gasteiger partial charge in [-0.1, -0.05) is 17.3 Å². The Morgan fingerprint density at radius 2 is 2.10 bits per heavy atom. The van der Waals surface area contributed by atoms with Crippen molar-refractivity contribution in [3.63, 3.8) is 0 Å². The number of carboxylic acids is 1. The van der Waals surface area contributed by atoms with E-state index < -0.39 is 12.0 Å². The molecule has 0 radical (unpaired) electrons. The number of fused-ring (bicyclic) bond motifs is 2. The number of ether oxygens (including phenoxy) is 1. The molecule has 1 aliphatic heterocycles. The molecule has 1 saturated heterocycles. The minimum absolute atomic E-state index is 0.139. The molecule has 4 aromatic rings. The van der Waals surface area contributed by atoms with Crippen molar-refractivity contribution in [2.24, 2.45) is 0 Å². The molecule has 0 amide bonds. The Labute approximate surface area is 177 Å². The molecule has 2 aromatic carbocycles. The van der Waals surface area contributed by atoms with E-state index in [-0.39, 0.29) is 11.7 Å². The van der Waals surface area contributed by atoms with Gasteiger partial charge in [-0.25, -0.2) is 4.39 Å². The molecule has 0 bridgehead atoms. The molecule has 0 saturated carbocycles. The van der Waals surface area contributed by atoms with Crippen molar-refractivity contribution in [1.29, 1.82) is 0 Å². The molecule has 31 heavy (non-hydrogen) atoms. The lowest BCUT2D eigenvalue weighted by atomic mass is 9.90. The molecule has 2 aromatic heterocycles. The first-order chi connectivity index (χ1) is 15.1. The number of likely N-dealkylation sites (tertiary alicyclic amines) is 1. The fourth-order valence-corrected chi connectivity index (χ4v) is 4.69. The maximum absolute atomic E-state index is 13.4. The number of para-hydroxylation sites is 1. The molecule has 1 fully saturated rings. The van der Waals surface area contributed by atoms with Crippen molar-refractivity contribution < 1.29 is 23.6 Å². The van der Waals surface area contributed by atoms with Crippen LogP contribution in [0.25, 0.3) is 21.9 Å². The van der Waals surface area contributed by atoms with Crippen LogP contribution in [0.5, 0.6) is 5.75 Å². The average Bonchev–Trinajstić information content (AvgIpc) is 3.38. The van der Waals surface area contributed by atoms with Gasteiger partial charge in [0.15, 0.2) is 5.58 Å². The third kappa shape index (κ3) is 3.33. The molecule has 1 aliphatic rings. The van der Waals surface area contributed by atoms with E-state index in [1.54, 1.807) is 19.4 Å². The summed E-state index contributed by atoms with van der Waals surface area (Å²) in [7, 11) is 1.59. The minimum Gasteiger partial charge on any atom is -0.495 e. The monoisotopic (exact) mass is 423 g/mol. The Hall–Kier alpha value is -3.39. The molecule has 0 unspecified atom stereocenters. The molecular formula is C23H22FN3O4. The van der Waals surface area contributed by atoms with Gasteiger partial charge in [0.2, 0.25) is 0 Å². The number of halogens is 1. The summed E-state index contributed by atoms with van der Waals surface area (Å²) in [4.78, 5) is 17.4. The smallest absolute Gasteiger partial charge is 0.325 e. The van der Waals surface area contributed by atoms with Crippen molar-refractivity contribution in [2.45, 2.75) is 24.8 Å². The van der Waals surface area contributed by atoms with Crippen LogP contribution in [0.3, 0.4) is 0 Å². The van der Waals surface area contributed by atoms with Crippen molar-refractivity contribution in [2.75, 3.05) is 20.2 Å². The largest absolute Gasteiger partial charge is 0.495 e. The topological polar surface area (TPSA) is 91.6 Å². The highest BCUT2D eigenvalue weighted by molar-refractivity contribution is 5.92. The summed E-state index contributed by atoms with van der Waals surface area (Å²) in [6.45, 7) is 1.21. The van der Waals surface area contributed by atoms with Crippen LogP contribution in [0.1, 0.15) is 36.1 Å². The molecule has 3 heterocycles. The first-order valence-corrected chi connectivity index (χ1v) is 10.2. The highest BCUT2D eigenvalue weighted by atomic mass is 19.1. The Balaban J connectivity index is 1.40. The summed E-state index contributed by atoms with van der Waals surface area (Å²) < 4.78 is 24.1. The van der Waals surface area contributed by atoms with Gasteiger partial charge in [-0.2, -0.15) is 0 Å². The summed E-state index contributed by atoms with van der Waals surface area (Å²) in [6, 6.07) is 9.30. The highest BCUT2D eigenvalue weighted by Crippen LogP contribution is 2.38. The van der Waals surface area contributed by atoms with Crippen molar-refractivity contribution in [3.05, 3.63) is 59.7 Å². The number of carbonyl (C=O) groups is 1. The lowest BCUT2D eigenvalue weighted by molar-refractivity contribution is -0.144. The predicted octanol–water partition coefficient (Wildman–Crippen LogP) is 4.46. The van der Waals surface area contributed by atoms with Gasteiger partial charge in [0.1, 0.15) is 17.6 Å². The van der Waals surface area contributed by atoms with E-state index in [2.05, 4.69) is 10.1 Å². The van der Waals surface area contributed by atoms with Gasteiger partial charge >= 0.3 is 5.97 Å². The van der Waals surface area contributed by atoms with Crippen LogP contribution >= 0.6 is 0 Å². The molecule has 1 atom stereocenters. The molecular weight excluding hydrogens is 401 g/mol. The molecule has 0 aliphatic carbocycles. The van der Waals surface area contributed by atoms with Crippen molar-refractivity contribution >= 4 is 27.8 Å². The SMILES string of the molecule is COc1cccc2c([C@@H](C(=O)O)N3CCC(c4noc5cc(F)ccc45)CC3)c[nH]c12. The Bertz CT molecular complexity index is 1260. The molecule has 8 heteroatoms. The number of carboxylic acid groups (broad SMARTS) is 1. The second kappa shape index (κ2) is 7.70. The molecule has 7 nitrogen and oxygen atoms in total. The van der Waals surface area contributed by atoms with Crippen LogP contribution in [0, 0.1) is 5.82 Å². The summed E-state index contributed by atoms with van der Waals surface area (Å²) in [5, 5.41) is 15.9. The number of hydrogen-bond donors (Lipinski definition) is 2. The van der Waals surface area contributed by atoms with Gasteiger partial charge in [-0.05, 0) is 44.1 Å². The summed E-state index contributed by atoms with van der Waals surface area (Å²) in [6.07, 6.45) is 3.25. The normalized spacial score (nSPS) is 16.7. The van der Waals surface area contributed by atoms with Crippen LogP contribution in [0.4, 0.5) is 4.39 Å². The number of rotatable bonds is 5. The fourth-order valence-electron chi connectivity index (χ4n) is 4.69.